The zero-order chi connectivity index (χ0) is 95.4. The molecule has 2 N–H and O–H groups in total. The van der Waals surface area contributed by atoms with E-state index >= 15 is 0 Å². The van der Waals surface area contributed by atoms with E-state index in [2.05, 4.69) is 192 Å². The third-order valence-corrected chi connectivity index (χ3v) is 23.0. The molecule has 10 aromatic rings. The summed E-state index contributed by atoms with van der Waals surface area (Å²) in [5.41, 5.74) is 4.50. The van der Waals surface area contributed by atoms with Gasteiger partial charge in [-0.25, -0.2) is 77.2 Å². The number of aromatic carboxylic acids is 1. The molecule has 36 heteroatoms. The summed E-state index contributed by atoms with van der Waals surface area (Å²) in [7, 11) is 9.13. The van der Waals surface area contributed by atoms with Crippen molar-refractivity contribution in [1.82, 2.24) is 55.1 Å². The number of ketones is 1. The van der Waals surface area contributed by atoms with E-state index in [1.807, 2.05) is 72.1 Å². The van der Waals surface area contributed by atoms with Gasteiger partial charge in [0.2, 0.25) is 17.8 Å². The Morgan fingerprint density at radius 3 is 0.985 bits per heavy atom. The number of carbonyl (C=O) groups is 6. The molecule has 0 unspecified atom stereocenters. The maximum atomic E-state index is 13.1. The number of halogens is 7. The predicted molar refractivity (Wildman–Crippen MR) is 513 cm³/mol. The molecule has 3 aliphatic rings. The number of ether oxygens (including phenoxy) is 3. The number of carboxylic acids is 1. The molecule has 132 heavy (non-hydrogen) atoms. The molecule has 0 saturated carbocycles. The Balaban J connectivity index is 0.000000535. The summed E-state index contributed by atoms with van der Waals surface area (Å²) in [6.07, 6.45) is 11.2. The van der Waals surface area contributed by atoms with Crippen LogP contribution in [0.5, 0.6) is 0 Å². The Kier molecular flexibility index (Phi) is 53.1. The molecule has 0 atom stereocenters. The number of hydroxylamine groups is 3. The molecule has 704 valence electrons. The molecule has 0 bridgehead atoms. The number of amides is 4. The summed E-state index contributed by atoms with van der Waals surface area (Å²) in [6, 6.07) is 54.1. The number of piperazine rings is 3. The van der Waals surface area contributed by atoms with Gasteiger partial charge in [-0.1, -0.05) is 93.5 Å². The molecule has 0 spiro atoms. The molecule has 0 aliphatic carbocycles. The Labute approximate surface area is 813 Å². The maximum absolute atomic E-state index is 13.1. The van der Waals surface area contributed by atoms with Crippen LogP contribution in [-0.2, 0) is 23.9 Å². The molecule has 2 radical (unpaired) electrons. The molecule has 13 rings (SSSR count). The molecule has 6 heterocycles. The number of hydrogen-bond donors (Lipinski definition) is 2. The molecule has 7 aromatic carbocycles. The van der Waals surface area contributed by atoms with E-state index in [9.17, 15) is 46.3 Å². The van der Waals surface area contributed by atoms with Crippen LogP contribution in [0.4, 0.5) is 49.8 Å². The van der Waals surface area contributed by atoms with Crippen molar-refractivity contribution in [2.24, 2.45) is 0 Å². The van der Waals surface area contributed by atoms with Crippen LogP contribution in [0.25, 0.3) is 5.57 Å². The van der Waals surface area contributed by atoms with Crippen molar-refractivity contribution in [2.75, 3.05) is 128 Å². The van der Waals surface area contributed by atoms with E-state index in [-0.39, 0.29) is 95.4 Å². The van der Waals surface area contributed by atoms with Crippen LogP contribution < -0.4 is 71.9 Å². The Bertz CT molecular complexity index is 4780. The van der Waals surface area contributed by atoms with Gasteiger partial charge < -0.3 is 77.5 Å². The number of rotatable bonds is 15. The third kappa shape index (κ3) is 40.8. The van der Waals surface area contributed by atoms with Crippen molar-refractivity contribution in [2.45, 2.75) is 106 Å². The van der Waals surface area contributed by atoms with Gasteiger partial charge in [0.05, 0.1) is 44.3 Å². The second-order valence-corrected chi connectivity index (χ2v) is 36.0. The second kappa shape index (κ2) is 59.7. The quantitative estimate of drug-likeness (QED) is 0.0183. The molecule has 3 aromatic heterocycles. The number of carbonyl (C=O) groups excluding carboxylic acids is 5. The molecular weight excluding hydrogens is 1860 g/mol. The number of anilines is 3. The zero-order valence-electron chi connectivity index (χ0n) is 78.1. The smallest absolute Gasteiger partial charge is 1.00 e. The topological polar surface area (TPSA) is 281 Å². The predicted octanol–water partition coefficient (Wildman–Crippen LogP) is 11.5. The monoisotopic (exact) mass is 1980 g/mol. The van der Waals surface area contributed by atoms with E-state index in [0.29, 0.717) is 113 Å². The molecular formula is C96H120BBr2ClF4LiN14O12P. The van der Waals surface area contributed by atoms with E-state index in [0.717, 1.165) is 44.8 Å². The first kappa shape index (κ1) is 117. The Morgan fingerprint density at radius 2 is 0.727 bits per heavy atom. The SMILES string of the molecule is C=C(c1ccc(F)cc1)c1cnc(N2CCN(C(=O)OC(C)(C)C)CC2)nc1.CC(C)(C)OC(=O)N1CCN(c2ncc(Br)cn2)CC1.CC(C)(C)OC(=O)N1CCN(c2ncc(C(=O)c3ccc(F)cc3)cn2)CC1.CNOC.CON(C)C(=O)c1ccc(F)cc1.C[P+](c1ccccc1)(c1ccccc1)c1ccccc1.Cl.O=C(O)c1ccc(F)cc1.[B]C.[Br-].[CH2-]CCC.[Li+]. The molecule has 4 amide bonds. The van der Waals surface area contributed by atoms with Crippen LogP contribution >= 0.6 is 35.6 Å². The van der Waals surface area contributed by atoms with Crippen LogP contribution in [0.1, 0.15) is 130 Å². The van der Waals surface area contributed by atoms with Gasteiger partial charge in [0.25, 0.3) is 5.91 Å². The first-order valence-corrected chi connectivity index (χ1v) is 44.6. The molecule has 3 fully saturated rings. The van der Waals surface area contributed by atoms with Gasteiger partial charge in [-0.2, -0.15) is 6.42 Å². The van der Waals surface area contributed by atoms with E-state index in [1.54, 1.807) is 65.8 Å². The van der Waals surface area contributed by atoms with Crippen LogP contribution in [0, 0.1) is 30.2 Å². The number of unbranched alkanes of at least 4 members (excludes halogenated alkanes) is 1. The number of hydrogen-bond acceptors (Lipinski definition) is 21. The van der Waals surface area contributed by atoms with Gasteiger partial charge in [-0.15, -0.1) is 12.4 Å². The van der Waals surface area contributed by atoms with Crippen molar-refractivity contribution in [3.8, 4) is 0 Å². The van der Waals surface area contributed by atoms with Crippen molar-refractivity contribution < 1.29 is 111 Å². The van der Waals surface area contributed by atoms with Gasteiger partial charge in [-0.3, -0.25) is 14.4 Å². The van der Waals surface area contributed by atoms with Crippen molar-refractivity contribution in [3.05, 3.63) is 300 Å². The molecule has 3 saturated heterocycles. The summed E-state index contributed by atoms with van der Waals surface area (Å²) in [5.74, 6) is -1.27. The van der Waals surface area contributed by atoms with Crippen LogP contribution in [0.15, 0.2) is 236 Å². The van der Waals surface area contributed by atoms with E-state index < -0.39 is 41.7 Å². The number of benzene rings is 7. The zero-order valence-corrected chi connectivity index (χ0v) is 83.0. The average molecular weight is 1980 g/mol. The fourth-order valence-electron chi connectivity index (χ4n) is 11.6. The normalized spacial score (nSPS) is 12.6. The first-order chi connectivity index (χ1) is 61.3. The summed E-state index contributed by atoms with van der Waals surface area (Å²) < 4.78 is 67.7. The maximum Gasteiger partial charge on any atom is 1.00 e. The summed E-state index contributed by atoms with van der Waals surface area (Å²) in [4.78, 5) is 116. The second-order valence-electron chi connectivity index (χ2n) is 31.5. The first-order valence-electron chi connectivity index (χ1n) is 41.5. The minimum atomic E-state index is -1.53. The van der Waals surface area contributed by atoms with Crippen molar-refractivity contribution >= 4 is 119 Å². The van der Waals surface area contributed by atoms with Crippen LogP contribution in [0.3, 0.4) is 0 Å². The van der Waals surface area contributed by atoms with Crippen molar-refractivity contribution in [1.29, 1.82) is 0 Å². The number of nitrogens with zero attached hydrogens (tertiary/aromatic N) is 13. The summed E-state index contributed by atoms with van der Waals surface area (Å²) in [5, 5.41) is 13.7. The number of nitrogens with one attached hydrogen (secondary N) is 1. The minimum Gasteiger partial charge on any atom is -1.00 e. The minimum absolute atomic E-state index is 0. The fraction of sp³-hybridized carbons (Fsp3) is 0.344. The van der Waals surface area contributed by atoms with Gasteiger partial charge >= 0.3 is 43.1 Å². The largest absolute Gasteiger partial charge is 1.00 e. The number of carboxylic acid groups (broad SMARTS) is 1. The van der Waals surface area contributed by atoms with Gasteiger partial charge in [-0.05, 0) is 211 Å². The molecule has 26 nitrogen and oxygen atoms in total. The standard InChI is InChI=1S/C21H25FN4O2.C20H23FN4O3.C19H18P.C13H19BrN4O2.C9H10FNO2.C7H5FO2.C4H9.C2H7NO.CH3B.BrH.ClH.Li/c1-15(16-5-7-18(22)8-6-16)17-13-23-19(24-14-17)25-9-11-26(12-10-25)20(27)28-21(2,3)4;1-20(2,3)28-19(27)25-10-8-24(9-11-25)18-22-12-15(13-23-18)17(26)14-4-6-16(21)7-5-14;1-20(17-11-5-2-6-12-17,18-13-7-3-8-14-18)19-15-9-4-10-16-19;1-13(2,3)20-12(19)18-6-4-17(5-7-18)11-15-8-10(14)9-16-11;1-11(13-2)9(12)7-3-5-8(10)6-4-7;8-6-3-1-5(2-4-6)7(9)10;2*1-3-4-2;1-2;;;/h5-8,13-14H,1,9-12H2,2-4H3;4-7,12-13H,8-11H2,1-3H3;2-16H,1H3;8-9H,4-7H2,1-3H3;3-6H,1-2H3;1-4H,(H,9,10);1,3-4H2,2H3;3H,1-2H3;1H3;2*1H;/q;;+1;;;;-1;;;;;+1/p-1. The number of aromatic nitrogens is 6. The van der Waals surface area contributed by atoms with Gasteiger partial charge in [0, 0.05) is 147 Å². The van der Waals surface area contributed by atoms with Gasteiger partial charge in [0.15, 0.2) is 5.78 Å². The third-order valence-electron chi connectivity index (χ3n) is 18.6. The Hall–Kier alpha value is -10.7. The molecule has 3 aliphatic heterocycles. The summed E-state index contributed by atoms with van der Waals surface area (Å²) >= 11 is 3.31. The van der Waals surface area contributed by atoms with Crippen LogP contribution in [0.2, 0.25) is 6.82 Å². The average Bonchev–Trinajstić information content (AvgIpc) is 0.768. The fourth-order valence-corrected chi connectivity index (χ4v) is 15.0. The van der Waals surface area contributed by atoms with Crippen LogP contribution in [-0.4, -0.2) is 229 Å². The Morgan fingerprint density at radius 1 is 0.470 bits per heavy atom. The van der Waals surface area contributed by atoms with Crippen molar-refractivity contribution in [3.63, 3.8) is 0 Å². The van der Waals surface area contributed by atoms with Gasteiger partial charge in [0.1, 0.15) is 63.2 Å². The van der Waals surface area contributed by atoms with E-state index in [1.165, 1.54) is 129 Å². The summed E-state index contributed by atoms with van der Waals surface area (Å²) in [6.45, 7) is 37.6. The van der Waals surface area contributed by atoms with E-state index in [4.69, 9.17) is 19.3 Å².